The smallest absolute Gasteiger partial charge is 0.333 e. The predicted molar refractivity (Wildman–Crippen MR) is 59.5 cm³/mol. The van der Waals surface area contributed by atoms with E-state index in [0.717, 1.165) is 6.08 Å². The lowest BCUT2D eigenvalue weighted by molar-refractivity contribution is -0.132. The van der Waals surface area contributed by atoms with Crippen LogP contribution in [0.25, 0.3) is 0 Å². The molecule has 0 bridgehead atoms. The van der Waals surface area contributed by atoms with Gasteiger partial charge in [-0.1, -0.05) is 17.7 Å². The number of nitrogens with zero attached hydrogens (tertiary/aromatic N) is 1. The number of carbonyl (C=O) groups is 2. The molecule has 1 heterocycles. The second kappa shape index (κ2) is 3.98. The third-order valence-electron chi connectivity index (χ3n) is 2.29. The first-order valence-corrected chi connectivity index (χ1v) is 4.96. The SMILES string of the molecule is O=C(O)C1=CC(=O)N(c2cccc(Cl)c2)C1. The van der Waals surface area contributed by atoms with Gasteiger partial charge < -0.3 is 10.0 Å². The maximum Gasteiger partial charge on any atom is 0.333 e. The quantitative estimate of drug-likeness (QED) is 0.852. The largest absolute Gasteiger partial charge is 0.478 e. The molecule has 0 fully saturated rings. The number of carboxylic acids is 1. The van der Waals surface area contributed by atoms with Gasteiger partial charge >= 0.3 is 5.97 Å². The normalized spacial score (nSPS) is 15.2. The number of hydrogen-bond donors (Lipinski definition) is 1. The Morgan fingerprint density at radius 2 is 2.19 bits per heavy atom. The molecular formula is C11H8ClNO3. The Labute approximate surface area is 96.7 Å². The minimum Gasteiger partial charge on any atom is -0.478 e. The van der Waals surface area contributed by atoms with Crippen molar-refractivity contribution in [1.29, 1.82) is 0 Å². The first-order chi connectivity index (χ1) is 7.58. The zero-order valence-corrected chi connectivity index (χ0v) is 8.94. The van der Waals surface area contributed by atoms with Crippen LogP contribution in [0.4, 0.5) is 5.69 Å². The van der Waals surface area contributed by atoms with Crippen LogP contribution in [0.15, 0.2) is 35.9 Å². The van der Waals surface area contributed by atoms with Crippen molar-refractivity contribution in [1.82, 2.24) is 0 Å². The first kappa shape index (κ1) is 10.7. The van der Waals surface area contributed by atoms with Crippen LogP contribution in [0.3, 0.4) is 0 Å². The molecule has 82 valence electrons. The van der Waals surface area contributed by atoms with Gasteiger partial charge in [0.2, 0.25) is 0 Å². The number of halogens is 1. The number of aliphatic carboxylic acids is 1. The van der Waals surface area contributed by atoms with Crippen LogP contribution >= 0.6 is 11.6 Å². The Balaban J connectivity index is 2.27. The minimum atomic E-state index is -1.07. The minimum absolute atomic E-state index is 0.0779. The highest BCUT2D eigenvalue weighted by molar-refractivity contribution is 6.31. The topological polar surface area (TPSA) is 57.6 Å². The number of rotatable bonds is 2. The Morgan fingerprint density at radius 3 is 2.75 bits per heavy atom. The van der Waals surface area contributed by atoms with Crippen molar-refractivity contribution < 1.29 is 14.7 Å². The van der Waals surface area contributed by atoms with E-state index in [1.165, 1.54) is 4.90 Å². The number of anilines is 1. The molecule has 5 heteroatoms. The summed E-state index contributed by atoms with van der Waals surface area (Å²) < 4.78 is 0. The van der Waals surface area contributed by atoms with Gasteiger partial charge in [0.05, 0.1) is 12.1 Å². The Hall–Kier alpha value is -1.81. The van der Waals surface area contributed by atoms with E-state index in [4.69, 9.17) is 16.7 Å². The lowest BCUT2D eigenvalue weighted by atomic mass is 10.2. The molecule has 1 amide bonds. The van der Waals surface area contributed by atoms with Gasteiger partial charge in [-0.05, 0) is 18.2 Å². The summed E-state index contributed by atoms with van der Waals surface area (Å²) in [5.74, 6) is -1.41. The van der Waals surface area contributed by atoms with Crippen molar-refractivity contribution in [2.45, 2.75) is 0 Å². The fourth-order valence-corrected chi connectivity index (χ4v) is 1.70. The van der Waals surface area contributed by atoms with Gasteiger partial charge in [-0.3, -0.25) is 4.79 Å². The van der Waals surface area contributed by atoms with E-state index in [1.54, 1.807) is 24.3 Å². The Bertz CT molecular complexity index is 496. The monoisotopic (exact) mass is 237 g/mol. The van der Waals surface area contributed by atoms with Crippen molar-refractivity contribution in [2.24, 2.45) is 0 Å². The van der Waals surface area contributed by atoms with Crippen molar-refractivity contribution in [3.63, 3.8) is 0 Å². The van der Waals surface area contributed by atoms with Crippen LogP contribution in [-0.2, 0) is 9.59 Å². The van der Waals surface area contributed by atoms with Crippen LogP contribution in [0.1, 0.15) is 0 Å². The van der Waals surface area contributed by atoms with Gasteiger partial charge in [-0.2, -0.15) is 0 Å². The van der Waals surface area contributed by atoms with Crippen molar-refractivity contribution in [2.75, 3.05) is 11.4 Å². The molecule has 1 aromatic rings. The third kappa shape index (κ3) is 1.92. The molecule has 0 unspecified atom stereocenters. The number of carboxylic acid groups (broad SMARTS) is 1. The molecule has 4 nitrogen and oxygen atoms in total. The number of amides is 1. The van der Waals surface area contributed by atoms with E-state index in [9.17, 15) is 9.59 Å². The molecule has 0 aromatic heterocycles. The average Bonchev–Trinajstić information content (AvgIpc) is 2.60. The highest BCUT2D eigenvalue weighted by Gasteiger charge is 2.26. The molecule has 1 aliphatic heterocycles. The molecule has 0 saturated heterocycles. The average molecular weight is 238 g/mol. The van der Waals surface area contributed by atoms with Crippen molar-refractivity contribution >= 4 is 29.2 Å². The van der Waals surface area contributed by atoms with Crippen LogP contribution in [0, 0.1) is 0 Å². The molecule has 0 aliphatic carbocycles. The molecule has 0 saturated carbocycles. The summed E-state index contributed by atoms with van der Waals surface area (Å²) in [5, 5.41) is 9.29. The summed E-state index contributed by atoms with van der Waals surface area (Å²) in [7, 11) is 0. The van der Waals surface area contributed by atoms with Gasteiger partial charge in [0.1, 0.15) is 0 Å². The van der Waals surface area contributed by atoms with Crippen LogP contribution in [0.5, 0.6) is 0 Å². The van der Waals surface area contributed by atoms with E-state index in [-0.39, 0.29) is 18.0 Å². The highest BCUT2D eigenvalue weighted by atomic mass is 35.5. The Morgan fingerprint density at radius 1 is 1.44 bits per heavy atom. The highest BCUT2D eigenvalue weighted by Crippen LogP contribution is 2.23. The number of hydrogen-bond acceptors (Lipinski definition) is 2. The van der Waals surface area contributed by atoms with E-state index < -0.39 is 5.97 Å². The molecular weight excluding hydrogens is 230 g/mol. The standard InChI is InChI=1S/C11H8ClNO3/c12-8-2-1-3-9(5-8)13-6-7(11(15)16)4-10(13)14/h1-5H,6H2,(H,15,16). The van der Waals surface area contributed by atoms with Crippen LogP contribution < -0.4 is 4.90 Å². The summed E-state index contributed by atoms with van der Waals surface area (Å²) in [4.78, 5) is 23.6. The summed E-state index contributed by atoms with van der Waals surface area (Å²) >= 11 is 5.80. The number of benzene rings is 1. The summed E-state index contributed by atoms with van der Waals surface area (Å²) in [6, 6.07) is 6.74. The summed E-state index contributed by atoms with van der Waals surface area (Å²) in [6.45, 7) is 0.0779. The van der Waals surface area contributed by atoms with Gasteiger partial charge in [-0.15, -0.1) is 0 Å². The molecule has 1 aliphatic rings. The van der Waals surface area contributed by atoms with Gasteiger partial charge in [-0.25, -0.2) is 4.79 Å². The molecule has 0 spiro atoms. The second-order valence-electron chi connectivity index (χ2n) is 3.38. The van der Waals surface area contributed by atoms with Gasteiger partial charge in [0.25, 0.3) is 5.91 Å². The fraction of sp³-hybridized carbons (Fsp3) is 0.0909. The van der Waals surface area contributed by atoms with Crippen molar-refractivity contribution in [3.8, 4) is 0 Å². The Kier molecular flexibility index (Phi) is 2.66. The summed E-state index contributed by atoms with van der Waals surface area (Å²) in [6.07, 6.45) is 1.13. The van der Waals surface area contributed by atoms with Gasteiger partial charge in [0.15, 0.2) is 0 Å². The molecule has 0 radical (unpaired) electrons. The first-order valence-electron chi connectivity index (χ1n) is 4.59. The van der Waals surface area contributed by atoms with E-state index in [2.05, 4.69) is 0 Å². The van der Waals surface area contributed by atoms with E-state index in [1.807, 2.05) is 0 Å². The lowest BCUT2D eigenvalue weighted by Crippen LogP contribution is -2.26. The maximum absolute atomic E-state index is 11.5. The molecule has 1 N–H and O–H groups in total. The van der Waals surface area contributed by atoms with Crippen LogP contribution in [-0.4, -0.2) is 23.5 Å². The zero-order chi connectivity index (χ0) is 11.7. The van der Waals surface area contributed by atoms with E-state index >= 15 is 0 Å². The molecule has 2 rings (SSSR count). The number of carbonyl (C=O) groups excluding carboxylic acids is 1. The second-order valence-corrected chi connectivity index (χ2v) is 3.82. The maximum atomic E-state index is 11.5. The predicted octanol–water partition coefficient (Wildman–Crippen LogP) is 1.70. The van der Waals surface area contributed by atoms with Crippen LogP contribution in [0.2, 0.25) is 5.02 Å². The molecule has 1 aromatic carbocycles. The lowest BCUT2D eigenvalue weighted by Gasteiger charge is -2.16. The van der Waals surface area contributed by atoms with Gasteiger partial charge in [0, 0.05) is 16.8 Å². The molecule has 0 atom stereocenters. The fourth-order valence-electron chi connectivity index (χ4n) is 1.51. The third-order valence-corrected chi connectivity index (χ3v) is 2.52. The molecule has 16 heavy (non-hydrogen) atoms. The zero-order valence-electron chi connectivity index (χ0n) is 8.18. The van der Waals surface area contributed by atoms with Crippen molar-refractivity contribution in [3.05, 3.63) is 40.9 Å². The summed E-state index contributed by atoms with van der Waals surface area (Å²) in [5.41, 5.74) is 0.690. The van der Waals surface area contributed by atoms with E-state index in [0.29, 0.717) is 10.7 Å².